The highest BCUT2D eigenvalue weighted by Gasteiger charge is 2.38. The fraction of sp³-hybridized carbons (Fsp3) is 0.778. The lowest BCUT2D eigenvalue weighted by atomic mass is 10.2. The van der Waals surface area contributed by atoms with Crippen molar-refractivity contribution in [3.8, 4) is 0 Å². The van der Waals surface area contributed by atoms with Gasteiger partial charge < -0.3 is 24.6 Å². The summed E-state index contributed by atoms with van der Waals surface area (Å²) >= 11 is 0. The number of carboxylic acid groups (broad SMARTS) is 2. The number of hydrogen-bond donors (Lipinski definition) is 2. The van der Waals surface area contributed by atoms with Gasteiger partial charge in [-0.25, -0.2) is 4.79 Å². The molecule has 0 rings (SSSR count). The van der Waals surface area contributed by atoms with E-state index in [2.05, 4.69) is 0 Å². The van der Waals surface area contributed by atoms with Crippen LogP contribution in [0.15, 0.2) is 0 Å². The van der Waals surface area contributed by atoms with Crippen molar-refractivity contribution >= 4 is 11.9 Å². The summed E-state index contributed by atoms with van der Waals surface area (Å²) < 4.78 is 32.3. The Morgan fingerprint density at radius 3 is 1.78 bits per heavy atom. The Kier molecular flexibility index (Phi) is 7.56. The standard InChI is InChI=1S/C7H15NO3.C2HF3O2/c1-8(2,3)5-6(9)4-7(10)11;3-2(4,5)1(6)7/h6,9H,4-5H2,1-3H3;(H,6,7). The van der Waals surface area contributed by atoms with Gasteiger partial charge in [0.15, 0.2) is 0 Å². The number of rotatable bonds is 4. The molecule has 2 N–H and O–H groups in total. The molecule has 0 saturated carbocycles. The molecule has 0 aliphatic heterocycles. The van der Waals surface area contributed by atoms with E-state index in [9.17, 15) is 23.1 Å². The molecular weight excluding hydrogens is 259 g/mol. The highest BCUT2D eigenvalue weighted by molar-refractivity contribution is 5.73. The average molecular weight is 275 g/mol. The van der Waals surface area contributed by atoms with Crippen molar-refractivity contribution in [3.05, 3.63) is 0 Å². The number of alkyl halides is 3. The van der Waals surface area contributed by atoms with Crippen LogP contribution in [0.25, 0.3) is 0 Å². The zero-order chi connectivity index (χ0) is 15.1. The van der Waals surface area contributed by atoms with Gasteiger partial charge in [-0.15, -0.1) is 0 Å². The monoisotopic (exact) mass is 275 g/mol. The van der Waals surface area contributed by atoms with Gasteiger partial charge in [-0.3, -0.25) is 0 Å². The molecule has 6 nitrogen and oxygen atoms in total. The smallest absolute Gasteiger partial charge is 0.490 e. The Hall–Kier alpha value is -1.35. The number of likely N-dealkylation sites (N-methyl/N-ethyl adjacent to an activating group) is 1. The predicted molar refractivity (Wildman–Crippen MR) is 52.2 cm³/mol. The maximum atomic E-state index is 10.6. The third-order valence-corrected chi connectivity index (χ3v) is 1.40. The molecule has 0 aromatic rings. The Morgan fingerprint density at radius 1 is 1.28 bits per heavy atom. The van der Waals surface area contributed by atoms with Gasteiger partial charge in [-0.05, 0) is 0 Å². The highest BCUT2D eigenvalue weighted by atomic mass is 19.4. The third-order valence-electron chi connectivity index (χ3n) is 1.40. The molecule has 0 fully saturated rings. The number of quaternary nitrogens is 1. The number of aliphatic hydroxyl groups excluding tert-OH is 1. The number of carboxylic acids is 2. The summed E-state index contributed by atoms with van der Waals surface area (Å²) in [4.78, 5) is 18.9. The number of aliphatic carboxylic acids is 2. The first-order valence-electron chi connectivity index (χ1n) is 4.74. The Labute approximate surface area is 102 Å². The lowest BCUT2D eigenvalue weighted by Gasteiger charge is -2.26. The predicted octanol–water partition coefficient (Wildman–Crippen LogP) is -1.17. The number of carbonyl (C=O) groups is 2. The van der Waals surface area contributed by atoms with E-state index >= 15 is 0 Å². The minimum atomic E-state index is -5.08. The Balaban J connectivity index is 0. The molecule has 1 unspecified atom stereocenters. The van der Waals surface area contributed by atoms with E-state index in [-0.39, 0.29) is 6.42 Å². The molecule has 0 aliphatic carbocycles. The summed E-state index contributed by atoms with van der Waals surface area (Å²) in [6.45, 7) is 0.425. The van der Waals surface area contributed by atoms with E-state index < -0.39 is 24.2 Å². The van der Waals surface area contributed by atoms with E-state index in [0.717, 1.165) is 0 Å². The van der Waals surface area contributed by atoms with Crippen LogP contribution in [0.2, 0.25) is 0 Å². The first-order valence-corrected chi connectivity index (χ1v) is 4.74. The topological polar surface area (TPSA) is 97.7 Å². The van der Waals surface area contributed by atoms with Crippen molar-refractivity contribution in [3.63, 3.8) is 0 Å². The van der Waals surface area contributed by atoms with Gasteiger partial charge in [-0.1, -0.05) is 0 Å². The van der Waals surface area contributed by atoms with Crippen molar-refractivity contribution in [2.75, 3.05) is 27.7 Å². The van der Waals surface area contributed by atoms with Gasteiger partial charge in [-0.2, -0.15) is 13.2 Å². The molecule has 0 aromatic carbocycles. The maximum absolute atomic E-state index is 10.6. The van der Waals surface area contributed by atoms with Gasteiger partial charge in [0.05, 0.1) is 21.1 Å². The Morgan fingerprint density at radius 2 is 1.61 bits per heavy atom. The first-order chi connectivity index (χ1) is 7.75. The summed E-state index contributed by atoms with van der Waals surface area (Å²) in [7, 11) is 5.66. The van der Waals surface area contributed by atoms with Crippen LogP contribution in [0.1, 0.15) is 6.42 Å². The fourth-order valence-corrected chi connectivity index (χ4v) is 0.889. The average Bonchev–Trinajstić information content (AvgIpc) is 1.96. The second-order valence-electron chi connectivity index (χ2n) is 4.51. The summed E-state index contributed by atoms with van der Waals surface area (Å²) in [6.07, 6.45) is -6.17. The Bertz CT molecular complexity index is 285. The number of halogens is 3. The van der Waals surface area contributed by atoms with Crippen molar-refractivity contribution in [2.24, 2.45) is 0 Å². The summed E-state index contributed by atoms with van der Waals surface area (Å²) in [5, 5.41) is 26.3. The second-order valence-corrected chi connectivity index (χ2v) is 4.51. The molecular formula is C9H16F3NO5. The van der Waals surface area contributed by atoms with Crippen LogP contribution in [-0.4, -0.2) is 66.6 Å². The van der Waals surface area contributed by atoms with Crippen molar-refractivity contribution in [2.45, 2.75) is 18.7 Å². The number of hydrogen-bond acceptors (Lipinski definition) is 4. The van der Waals surface area contributed by atoms with Crippen LogP contribution in [0.5, 0.6) is 0 Å². The molecule has 0 saturated heterocycles. The van der Waals surface area contributed by atoms with Gasteiger partial charge in [0.1, 0.15) is 12.6 Å². The zero-order valence-electron chi connectivity index (χ0n) is 10.2. The fourth-order valence-electron chi connectivity index (χ4n) is 0.889. The van der Waals surface area contributed by atoms with Crippen LogP contribution in [-0.2, 0) is 9.59 Å². The van der Waals surface area contributed by atoms with E-state index in [4.69, 9.17) is 15.0 Å². The molecule has 0 heterocycles. The largest absolute Gasteiger partial charge is 0.550 e. The summed E-state index contributed by atoms with van der Waals surface area (Å²) in [5.41, 5.74) is 0. The SMILES string of the molecule is C[N+](C)(C)CC(O)CC(=O)[O-].O=C(O)C(F)(F)F. The zero-order valence-corrected chi connectivity index (χ0v) is 10.2. The lowest BCUT2D eigenvalue weighted by molar-refractivity contribution is -0.873. The molecule has 0 aliphatic rings. The third kappa shape index (κ3) is 14.6. The van der Waals surface area contributed by atoms with Gasteiger partial charge in [0.2, 0.25) is 0 Å². The summed E-state index contributed by atoms with van der Waals surface area (Å²) in [6, 6.07) is 0. The van der Waals surface area contributed by atoms with Crippen molar-refractivity contribution in [1.82, 2.24) is 0 Å². The molecule has 0 bridgehead atoms. The van der Waals surface area contributed by atoms with E-state index in [1.165, 1.54) is 0 Å². The molecule has 0 aromatic heterocycles. The van der Waals surface area contributed by atoms with Crippen LogP contribution < -0.4 is 5.11 Å². The van der Waals surface area contributed by atoms with E-state index in [0.29, 0.717) is 11.0 Å². The van der Waals surface area contributed by atoms with Crippen molar-refractivity contribution in [1.29, 1.82) is 0 Å². The lowest BCUT2D eigenvalue weighted by Crippen LogP contribution is -2.43. The van der Waals surface area contributed by atoms with E-state index in [1.807, 2.05) is 21.1 Å². The normalized spacial score (nSPS) is 13.3. The van der Waals surface area contributed by atoms with Gasteiger partial charge >= 0.3 is 12.1 Å². The minimum Gasteiger partial charge on any atom is -0.550 e. The van der Waals surface area contributed by atoms with Crippen LogP contribution in [0.4, 0.5) is 13.2 Å². The summed E-state index contributed by atoms with van der Waals surface area (Å²) in [5.74, 6) is -3.96. The maximum Gasteiger partial charge on any atom is 0.490 e. The van der Waals surface area contributed by atoms with Crippen LogP contribution in [0, 0.1) is 0 Å². The van der Waals surface area contributed by atoms with E-state index in [1.54, 1.807) is 0 Å². The molecule has 1 atom stereocenters. The number of carbonyl (C=O) groups excluding carboxylic acids is 1. The molecule has 0 radical (unpaired) electrons. The molecule has 0 spiro atoms. The quantitative estimate of drug-likeness (QED) is 0.630. The molecule has 0 amide bonds. The molecule has 108 valence electrons. The van der Waals surface area contributed by atoms with Gasteiger partial charge in [0, 0.05) is 12.4 Å². The van der Waals surface area contributed by atoms with Gasteiger partial charge in [0.25, 0.3) is 0 Å². The number of nitrogens with zero attached hydrogens (tertiary/aromatic N) is 1. The molecule has 9 heteroatoms. The van der Waals surface area contributed by atoms with Crippen LogP contribution in [0.3, 0.4) is 0 Å². The molecule has 18 heavy (non-hydrogen) atoms. The number of aliphatic hydroxyl groups is 1. The van der Waals surface area contributed by atoms with Crippen LogP contribution >= 0.6 is 0 Å². The minimum absolute atomic E-state index is 0.282. The second kappa shape index (κ2) is 7.17. The highest BCUT2D eigenvalue weighted by Crippen LogP contribution is 2.13. The first kappa shape index (κ1) is 19.0. The van der Waals surface area contributed by atoms with Crippen molar-refractivity contribution < 1.29 is 42.6 Å².